The molecule has 0 saturated carbocycles. The molecule has 58 valence electrons. The van der Waals surface area contributed by atoms with Gasteiger partial charge in [0.1, 0.15) is 0 Å². The Morgan fingerprint density at radius 2 is 1.70 bits per heavy atom. The van der Waals surface area contributed by atoms with Crippen molar-refractivity contribution in [3.05, 3.63) is 0 Å². The molecule has 2 amide bonds. The van der Waals surface area contributed by atoms with Gasteiger partial charge in [-0.2, -0.15) is 0 Å². The smallest absolute Gasteiger partial charge is 0.240 e. The van der Waals surface area contributed by atoms with Gasteiger partial charge in [0, 0.05) is 12.8 Å². The highest BCUT2D eigenvalue weighted by molar-refractivity contribution is 5.81. The molecule has 0 aliphatic carbocycles. The maximum atomic E-state index is 10.7. The zero-order valence-electron chi connectivity index (χ0n) is 6.39. The van der Waals surface area contributed by atoms with E-state index >= 15 is 0 Å². The van der Waals surface area contributed by atoms with Crippen molar-refractivity contribution in [3.63, 3.8) is 0 Å². The maximum absolute atomic E-state index is 10.7. The number of carbonyl (C=O) groups is 2. The van der Waals surface area contributed by atoms with Crippen LogP contribution < -0.4 is 10.9 Å². The van der Waals surface area contributed by atoms with Gasteiger partial charge >= 0.3 is 0 Å². The van der Waals surface area contributed by atoms with Gasteiger partial charge in [0.05, 0.1) is 0 Å². The molecule has 0 atom stereocenters. The summed E-state index contributed by atoms with van der Waals surface area (Å²) in [5.41, 5.74) is 4.43. The summed E-state index contributed by atoms with van der Waals surface area (Å²) >= 11 is 0. The Morgan fingerprint density at radius 3 is 2.00 bits per heavy atom. The minimum atomic E-state index is -0.269. The average Bonchev–Trinajstić information content (AvgIpc) is 1.82. The fourth-order valence-electron chi connectivity index (χ4n) is 0.294. The van der Waals surface area contributed by atoms with Gasteiger partial charge in [-0.25, -0.2) is 0 Å². The van der Waals surface area contributed by atoms with E-state index < -0.39 is 0 Å². The Labute approximate surface area is 60.0 Å². The van der Waals surface area contributed by atoms with Crippen molar-refractivity contribution in [1.82, 2.24) is 10.9 Å². The highest BCUT2D eigenvalue weighted by Crippen LogP contribution is 1.87. The summed E-state index contributed by atoms with van der Waals surface area (Å²) in [5.74, 6) is -0.559. The molecule has 0 rings (SSSR count). The van der Waals surface area contributed by atoms with Crippen molar-refractivity contribution in [2.24, 2.45) is 5.92 Å². The summed E-state index contributed by atoms with van der Waals surface area (Å²) in [7, 11) is 0. The van der Waals surface area contributed by atoms with Gasteiger partial charge in [-0.3, -0.25) is 20.4 Å². The third kappa shape index (κ3) is 3.88. The molecule has 0 unspecified atom stereocenters. The molecule has 10 heavy (non-hydrogen) atoms. The Kier molecular flexibility index (Phi) is 3.46. The minimum Gasteiger partial charge on any atom is -0.274 e. The van der Waals surface area contributed by atoms with Gasteiger partial charge in [0.25, 0.3) is 0 Å². The Bertz CT molecular complexity index is 143. The summed E-state index contributed by atoms with van der Waals surface area (Å²) in [6.45, 7) is 4.83. The second-order valence-electron chi connectivity index (χ2n) is 2.33. The van der Waals surface area contributed by atoms with E-state index in [1.165, 1.54) is 6.92 Å². The number of amides is 2. The topological polar surface area (TPSA) is 58.2 Å². The Hall–Kier alpha value is -1.06. The van der Waals surface area contributed by atoms with Crippen LogP contribution in [0.2, 0.25) is 0 Å². The van der Waals surface area contributed by atoms with Gasteiger partial charge in [0.15, 0.2) is 0 Å². The zero-order chi connectivity index (χ0) is 8.15. The van der Waals surface area contributed by atoms with E-state index in [1.54, 1.807) is 13.8 Å². The van der Waals surface area contributed by atoms with Crippen LogP contribution in [0.4, 0.5) is 0 Å². The molecule has 0 spiro atoms. The second kappa shape index (κ2) is 3.87. The molecule has 4 heteroatoms. The Balaban J connectivity index is 3.50. The lowest BCUT2D eigenvalue weighted by molar-refractivity contribution is -0.129. The van der Waals surface area contributed by atoms with Gasteiger partial charge in [0.2, 0.25) is 11.8 Å². The van der Waals surface area contributed by atoms with Crippen molar-refractivity contribution >= 4 is 11.8 Å². The number of rotatable bonds is 1. The van der Waals surface area contributed by atoms with Gasteiger partial charge < -0.3 is 0 Å². The molecule has 0 aliphatic heterocycles. The van der Waals surface area contributed by atoms with Crippen LogP contribution in [-0.2, 0) is 9.59 Å². The molecule has 0 aromatic carbocycles. The summed E-state index contributed by atoms with van der Waals surface area (Å²) in [6, 6.07) is 0. The maximum Gasteiger partial charge on any atom is 0.240 e. The number of hydrazine groups is 1. The highest BCUT2D eigenvalue weighted by atomic mass is 16.2. The SMILES string of the molecule is CC(=O)NNC(=O)C(C)C. The first-order chi connectivity index (χ1) is 4.54. The van der Waals surface area contributed by atoms with Gasteiger partial charge in [-0.1, -0.05) is 13.8 Å². The van der Waals surface area contributed by atoms with E-state index in [0.717, 1.165) is 0 Å². The molecule has 0 aliphatic rings. The average molecular weight is 144 g/mol. The van der Waals surface area contributed by atoms with E-state index in [0.29, 0.717) is 0 Å². The van der Waals surface area contributed by atoms with Crippen molar-refractivity contribution in [3.8, 4) is 0 Å². The van der Waals surface area contributed by atoms with Crippen LogP contribution in [0.25, 0.3) is 0 Å². The Morgan fingerprint density at radius 1 is 1.20 bits per heavy atom. The molecular weight excluding hydrogens is 132 g/mol. The van der Waals surface area contributed by atoms with Crippen molar-refractivity contribution in [2.45, 2.75) is 20.8 Å². The standard InChI is InChI=1S/C6H12N2O2/c1-4(2)6(10)8-7-5(3)9/h4H,1-3H3,(H,7,9)(H,8,10). The van der Waals surface area contributed by atoms with E-state index in [1.807, 2.05) is 0 Å². The monoisotopic (exact) mass is 144 g/mol. The van der Waals surface area contributed by atoms with E-state index in [9.17, 15) is 9.59 Å². The first-order valence-corrected chi connectivity index (χ1v) is 3.10. The summed E-state index contributed by atoms with van der Waals surface area (Å²) < 4.78 is 0. The summed E-state index contributed by atoms with van der Waals surface area (Å²) in [6.07, 6.45) is 0. The van der Waals surface area contributed by atoms with Crippen molar-refractivity contribution in [1.29, 1.82) is 0 Å². The molecule has 2 N–H and O–H groups in total. The van der Waals surface area contributed by atoms with Crippen LogP contribution in [0.5, 0.6) is 0 Å². The predicted octanol–water partition coefficient (Wildman–Crippen LogP) is -0.190. The van der Waals surface area contributed by atoms with Crippen LogP contribution in [0.1, 0.15) is 20.8 Å². The predicted molar refractivity (Wildman–Crippen MR) is 36.8 cm³/mol. The van der Waals surface area contributed by atoms with Crippen LogP contribution in [0, 0.1) is 5.92 Å². The molecule has 0 saturated heterocycles. The molecule has 0 heterocycles. The van der Waals surface area contributed by atoms with Crippen LogP contribution in [-0.4, -0.2) is 11.8 Å². The molecule has 0 aromatic heterocycles. The zero-order valence-corrected chi connectivity index (χ0v) is 6.39. The number of hydrogen-bond donors (Lipinski definition) is 2. The lowest BCUT2D eigenvalue weighted by atomic mass is 10.2. The van der Waals surface area contributed by atoms with Crippen LogP contribution in [0.15, 0.2) is 0 Å². The van der Waals surface area contributed by atoms with E-state index in [-0.39, 0.29) is 17.7 Å². The van der Waals surface area contributed by atoms with Crippen molar-refractivity contribution in [2.75, 3.05) is 0 Å². The van der Waals surface area contributed by atoms with Gasteiger partial charge in [-0.15, -0.1) is 0 Å². The van der Waals surface area contributed by atoms with Gasteiger partial charge in [-0.05, 0) is 0 Å². The molecule has 0 bridgehead atoms. The highest BCUT2D eigenvalue weighted by Gasteiger charge is 2.04. The second-order valence-corrected chi connectivity index (χ2v) is 2.33. The third-order valence-corrected chi connectivity index (χ3v) is 0.886. The molecule has 0 fully saturated rings. The fourth-order valence-corrected chi connectivity index (χ4v) is 0.294. The number of hydrogen-bond acceptors (Lipinski definition) is 2. The normalized spacial score (nSPS) is 9.20. The van der Waals surface area contributed by atoms with Crippen molar-refractivity contribution < 1.29 is 9.59 Å². The molecule has 0 radical (unpaired) electrons. The number of carbonyl (C=O) groups excluding carboxylic acids is 2. The van der Waals surface area contributed by atoms with E-state index in [4.69, 9.17) is 0 Å². The van der Waals surface area contributed by atoms with Crippen LogP contribution in [0.3, 0.4) is 0 Å². The largest absolute Gasteiger partial charge is 0.274 e. The third-order valence-electron chi connectivity index (χ3n) is 0.886. The van der Waals surface area contributed by atoms with Crippen LogP contribution >= 0.6 is 0 Å². The molecule has 4 nitrogen and oxygen atoms in total. The lowest BCUT2D eigenvalue weighted by Crippen LogP contribution is -2.42. The minimum absolute atomic E-state index is 0.105. The first kappa shape index (κ1) is 8.94. The summed E-state index contributed by atoms with van der Waals surface area (Å²) in [4.78, 5) is 21.0. The number of nitrogens with one attached hydrogen (secondary N) is 2. The molecule has 0 aromatic rings. The summed E-state index contributed by atoms with van der Waals surface area (Å²) in [5, 5.41) is 0. The first-order valence-electron chi connectivity index (χ1n) is 3.10. The van der Waals surface area contributed by atoms with E-state index in [2.05, 4.69) is 10.9 Å². The molecular formula is C6H12N2O2. The lowest BCUT2D eigenvalue weighted by Gasteiger charge is -2.06. The quantitative estimate of drug-likeness (QED) is 0.501. The fraction of sp³-hybridized carbons (Fsp3) is 0.667.